The standard InChI is InChI=1S/C8H9F3N2O/c9-8(10,11)14-7-2-5(4-12)1-6(13)3-7/h1-3H,4,12-13H2. The smallest absolute Gasteiger partial charge is 0.406 e. The molecule has 14 heavy (non-hydrogen) atoms. The van der Waals surface area contributed by atoms with E-state index in [1.165, 1.54) is 12.1 Å². The molecule has 1 aromatic rings. The Balaban J connectivity index is 2.92. The normalized spacial score (nSPS) is 11.4. The van der Waals surface area contributed by atoms with Crippen molar-refractivity contribution in [2.24, 2.45) is 5.73 Å². The van der Waals surface area contributed by atoms with Crippen LogP contribution in [0.5, 0.6) is 5.75 Å². The van der Waals surface area contributed by atoms with Gasteiger partial charge in [-0.05, 0) is 17.7 Å². The maximum Gasteiger partial charge on any atom is 0.573 e. The zero-order valence-corrected chi connectivity index (χ0v) is 7.14. The number of hydrogen-bond acceptors (Lipinski definition) is 3. The van der Waals surface area contributed by atoms with Crippen LogP contribution >= 0.6 is 0 Å². The van der Waals surface area contributed by atoms with Gasteiger partial charge in [-0.1, -0.05) is 0 Å². The van der Waals surface area contributed by atoms with Crippen LogP contribution in [0.15, 0.2) is 18.2 Å². The van der Waals surface area contributed by atoms with Crippen molar-refractivity contribution >= 4 is 5.69 Å². The number of nitrogen functional groups attached to an aromatic ring is 1. The molecule has 1 aromatic carbocycles. The van der Waals surface area contributed by atoms with Crippen LogP contribution in [0.1, 0.15) is 5.56 Å². The third-order valence-corrected chi connectivity index (χ3v) is 1.46. The van der Waals surface area contributed by atoms with E-state index in [9.17, 15) is 13.2 Å². The van der Waals surface area contributed by atoms with Crippen LogP contribution in [-0.2, 0) is 6.54 Å². The minimum absolute atomic E-state index is 0.110. The highest BCUT2D eigenvalue weighted by molar-refractivity contribution is 5.47. The fourth-order valence-electron chi connectivity index (χ4n) is 0.996. The number of alkyl halides is 3. The van der Waals surface area contributed by atoms with Crippen molar-refractivity contribution in [3.8, 4) is 5.75 Å². The van der Waals surface area contributed by atoms with E-state index >= 15 is 0 Å². The summed E-state index contributed by atoms with van der Waals surface area (Å²) in [4.78, 5) is 0. The highest BCUT2D eigenvalue weighted by atomic mass is 19.4. The third kappa shape index (κ3) is 3.14. The first-order chi connectivity index (χ1) is 6.40. The molecule has 0 aliphatic carbocycles. The molecule has 0 aliphatic heterocycles. The largest absolute Gasteiger partial charge is 0.573 e. The van der Waals surface area contributed by atoms with Crippen LogP contribution in [0, 0.1) is 0 Å². The summed E-state index contributed by atoms with van der Waals surface area (Å²) in [6.45, 7) is 0.110. The van der Waals surface area contributed by atoms with Crippen LogP contribution in [0.3, 0.4) is 0 Å². The molecular formula is C8H9F3N2O. The zero-order valence-electron chi connectivity index (χ0n) is 7.14. The van der Waals surface area contributed by atoms with E-state index in [0.29, 0.717) is 5.56 Å². The van der Waals surface area contributed by atoms with E-state index in [2.05, 4.69) is 4.74 Å². The number of hydrogen-bond donors (Lipinski definition) is 2. The summed E-state index contributed by atoms with van der Waals surface area (Å²) in [5, 5.41) is 0. The number of rotatable bonds is 2. The van der Waals surface area contributed by atoms with Gasteiger partial charge in [-0.3, -0.25) is 0 Å². The lowest BCUT2D eigenvalue weighted by molar-refractivity contribution is -0.274. The fourth-order valence-corrected chi connectivity index (χ4v) is 0.996. The number of anilines is 1. The quantitative estimate of drug-likeness (QED) is 0.723. The molecule has 0 fully saturated rings. The van der Waals surface area contributed by atoms with Gasteiger partial charge in [0.2, 0.25) is 0 Å². The average molecular weight is 206 g/mol. The molecule has 0 saturated heterocycles. The van der Waals surface area contributed by atoms with E-state index < -0.39 is 6.36 Å². The molecule has 1 rings (SSSR count). The third-order valence-electron chi connectivity index (χ3n) is 1.46. The minimum atomic E-state index is -4.71. The highest BCUT2D eigenvalue weighted by Crippen LogP contribution is 2.25. The van der Waals surface area contributed by atoms with Crippen molar-refractivity contribution in [3.05, 3.63) is 23.8 Å². The van der Waals surface area contributed by atoms with Crippen molar-refractivity contribution in [1.82, 2.24) is 0 Å². The first-order valence-corrected chi connectivity index (χ1v) is 3.76. The van der Waals surface area contributed by atoms with E-state index in [4.69, 9.17) is 11.5 Å². The van der Waals surface area contributed by atoms with E-state index in [0.717, 1.165) is 6.07 Å². The first-order valence-electron chi connectivity index (χ1n) is 3.76. The van der Waals surface area contributed by atoms with Gasteiger partial charge >= 0.3 is 6.36 Å². The van der Waals surface area contributed by atoms with Crippen molar-refractivity contribution in [3.63, 3.8) is 0 Å². The minimum Gasteiger partial charge on any atom is -0.406 e. The molecule has 6 heteroatoms. The fraction of sp³-hybridized carbons (Fsp3) is 0.250. The summed E-state index contributed by atoms with van der Waals surface area (Å²) < 4.78 is 39.1. The molecule has 0 aromatic heterocycles. The van der Waals surface area contributed by atoms with Crippen LogP contribution in [0.25, 0.3) is 0 Å². The Morgan fingerprint density at radius 2 is 1.86 bits per heavy atom. The van der Waals surface area contributed by atoms with Gasteiger partial charge in [0.25, 0.3) is 0 Å². The molecule has 0 spiro atoms. The highest BCUT2D eigenvalue weighted by Gasteiger charge is 2.31. The van der Waals surface area contributed by atoms with Crippen LogP contribution in [-0.4, -0.2) is 6.36 Å². The topological polar surface area (TPSA) is 61.3 Å². The van der Waals surface area contributed by atoms with Crippen molar-refractivity contribution in [1.29, 1.82) is 0 Å². The summed E-state index contributed by atoms with van der Waals surface area (Å²) in [5.41, 5.74) is 11.3. The monoisotopic (exact) mass is 206 g/mol. The lowest BCUT2D eigenvalue weighted by atomic mass is 10.2. The Bertz CT molecular complexity index is 325. The molecule has 0 heterocycles. The molecule has 0 bridgehead atoms. The second-order valence-electron chi connectivity index (χ2n) is 2.66. The van der Waals surface area contributed by atoms with Gasteiger partial charge in [-0.2, -0.15) is 0 Å². The van der Waals surface area contributed by atoms with Gasteiger partial charge in [0, 0.05) is 18.3 Å². The van der Waals surface area contributed by atoms with Crippen LogP contribution in [0.2, 0.25) is 0 Å². The summed E-state index contributed by atoms with van der Waals surface area (Å²) in [5.74, 6) is -0.349. The Morgan fingerprint density at radius 1 is 1.21 bits per heavy atom. The lowest BCUT2D eigenvalue weighted by Crippen LogP contribution is -2.17. The number of halogens is 3. The van der Waals surface area contributed by atoms with Crippen molar-refractivity contribution in [2.75, 3.05) is 5.73 Å². The molecule has 0 saturated carbocycles. The van der Waals surface area contributed by atoms with E-state index in [1.807, 2.05) is 0 Å². The Morgan fingerprint density at radius 3 is 2.36 bits per heavy atom. The molecule has 0 amide bonds. The molecule has 78 valence electrons. The molecule has 4 N–H and O–H groups in total. The Hall–Kier alpha value is -1.43. The average Bonchev–Trinajstić information content (AvgIpc) is 1.99. The summed E-state index contributed by atoms with van der Waals surface area (Å²) in [7, 11) is 0. The molecule has 0 aliphatic rings. The predicted octanol–water partition coefficient (Wildman–Crippen LogP) is 1.63. The summed E-state index contributed by atoms with van der Waals surface area (Å²) in [6.07, 6.45) is -4.71. The Labute approximate surface area is 78.5 Å². The predicted molar refractivity (Wildman–Crippen MR) is 45.4 cm³/mol. The molecule has 3 nitrogen and oxygen atoms in total. The van der Waals surface area contributed by atoms with Gasteiger partial charge in [0.15, 0.2) is 0 Å². The summed E-state index contributed by atoms with van der Waals surface area (Å²) in [6, 6.07) is 3.78. The second-order valence-corrected chi connectivity index (χ2v) is 2.66. The van der Waals surface area contributed by atoms with Crippen LogP contribution < -0.4 is 16.2 Å². The van der Waals surface area contributed by atoms with Gasteiger partial charge in [-0.15, -0.1) is 13.2 Å². The van der Waals surface area contributed by atoms with E-state index in [-0.39, 0.29) is 18.0 Å². The molecular weight excluding hydrogens is 197 g/mol. The maximum absolute atomic E-state index is 11.8. The van der Waals surface area contributed by atoms with Gasteiger partial charge in [-0.25, -0.2) is 0 Å². The van der Waals surface area contributed by atoms with Crippen molar-refractivity contribution < 1.29 is 17.9 Å². The maximum atomic E-state index is 11.8. The molecule has 0 radical (unpaired) electrons. The number of benzene rings is 1. The SMILES string of the molecule is NCc1cc(N)cc(OC(F)(F)F)c1. The van der Waals surface area contributed by atoms with Crippen LogP contribution in [0.4, 0.5) is 18.9 Å². The molecule has 0 atom stereocenters. The summed E-state index contributed by atoms with van der Waals surface area (Å²) >= 11 is 0. The first kappa shape index (κ1) is 10.6. The molecule has 0 unspecified atom stereocenters. The lowest BCUT2D eigenvalue weighted by Gasteiger charge is -2.10. The number of ether oxygens (including phenoxy) is 1. The number of nitrogens with two attached hydrogens (primary N) is 2. The zero-order chi connectivity index (χ0) is 10.8. The second kappa shape index (κ2) is 3.75. The van der Waals surface area contributed by atoms with Crippen molar-refractivity contribution in [2.45, 2.75) is 12.9 Å². The van der Waals surface area contributed by atoms with Gasteiger partial charge in [0.1, 0.15) is 5.75 Å². The van der Waals surface area contributed by atoms with Gasteiger partial charge in [0.05, 0.1) is 0 Å². The van der Waals surface area contributed by atoms with E-state index in [1.54, 1.807) is 0 Å². The Kier molecular flexibility index (Phi) is 2.85. The van der Waals surface area contributed by atoms with Gasteiger partial charge < -0.3 is 16.2 Å².